The van der Waals surface area contributed by atoms with Crippen molar-refractivity contribution in [3.05, 3.63) is 437 Å². The highest BCUT2D eigenvalue weighted by molar-refractivity contribution is 6.31. The van der Waals surface area contributed by atoms with Gasteiger partial charge in [0.1, 0.15) is 11.6 Å². The van der Waals surface area contributed by atoms with E-state index in [4.69, 9.17) is 23.2 Å². The van der Waals surface area contributed by atoms with E-state index in [1.54, 1.807) is 86.3 Å². The smallest absolute Gasteiger partial charge is 0.256 e. The van der Waals surface area contributed by atoms with Crippen molar-refractivity contribution in [3.8, 4) is 0 Å². The monoisotopic (exact) mass is 1630 g/mol. The molecule has 0 bridgehead atoms. The lowest BCUT2D eigenvalue weighted by Gasteiger charge is -2.40. The maximum Gasteiger partial charge on any atom is 0.256 e. The highest BCUT2D eigenvalue weighted by Gasteiger charge is 2.63. The number of carbonyl (C=O) groups is 8. The molecule has 4 atom stereocenters. The van der Waals surface area contributed by atoms with E-state index in [2.05, 4.69) is 0 Å². The van der Waals surface area contributed by atoms with Crippen LogP contribution in [0.5, 0.6) is 0 Å². The first-order valence-corrected chi connectivity index (χ1v) is 40.5. The van der Waals surface area contributed by atoms with Crippen molar-refractivity contribution in [2.75, 3.05) is 52.4 Å². The molecule has 4 fully saturated rings. The maximum atomic E-state index is 13.5. The summed E-state index contributed by atoms with van der Waals surface area (Å²) in [5.41, 5.74) is 11.2. The molecular formula is C100H80Cl2F2N8O8. The predicted molar refractivity (Wildman–Crippen MR) is 456 cm³/mol. The van der Waals surface area contributed by atoms with Crippen LogP contribution in [0.3, 0.4) is 0 Å². The van der Waals surface area contributed by atoms with Crippen LogP contribution in [0.25, 0.3) is 12.2 Å². The van der Waals surface area contributed by atoms with Crippen molar-refractivity contribution < 1.29 is 47.1 Å². The Balaban J connectivity index is 0.000000114. The number of carbonyl (C=O) groups excluding carboxylic acids is 8. The van der Waals surface area contributed by atoms with Crippen LogP contribution in [0.1, 0.15) is 119 Å². The van der Waals surface area contributed by atoms with E-state index in [9.17, 15) is 47.1 Å². The summed E-state index contributed by atoms with van der Waals surface area (Å²) < 4.78 is 26.6. The minimum Gasteiger partial charge on any atom is -0.309 e. The van der Waals surface area contributed by atoms with Crippen LogP contribution in [-0.2, 0) is 54.7 Å². The standard InChI is InChI=1S/C26H22N2O2.C25H19ClN2O2.C25H21FN2O2.C24H18ClFN2O2/c1-19-11-14-21(15-12-19)26-23-10-6-5-9-22(23)25(30)28(26)18-17-27(26)24(29)16-13-20-7-3-2-4-8-20;26-20-13-11-19(12-14-20)25-22-9-5-4-8-21(22)24(30)28(25)17-16-27(25)23(29)15-10-18-6-2-1-3-7-18;1-17-6-10-19(11-7-17)25-22-5-3-2-4-21(22)24(30)28(25)15-14-27(25)23(29)16-18-8-12-20(26)13-9-18;25-18-9-7-17(8-10-18)24-21-4-2-1-3-20(21)23(30)28(24)14-13-27(24)22(29)15-16-5-11-19(26)12-6-16/h2-16H,17-18H2,1H3;1-15H,16-17H2;2-13H,14-16H2,1H3;1-12H,13-15H2/b16-13+;15-10+;;. The van der Waals surface area contributed by atoms with Crippen LogP contribution in [0.2, 0.25) is 10.0 Å². The van der Waals surface area contributed by atoms with Crippen molar-refractivity contribution in [1.29, 1.82) is 0 Å². The minimum atomic E-state index is -1.00. The Labute approximate surface area is 703 Å². The fraction of sp³-hybridized carbons (Fsp3) is 0.160. The average molecular weight is 1630 g/mol. The van der Waals surface area contributed by atoms with Gasteiger partial charge in [-0.3, -0.25) is 38.4 Å². The molecular weight excluding hydrogens is 1550 g/mol. The molecule has 0 spiro atoms. The molecule has 20 heteroatoms. The zero-order valence-electron chi connectivity index (χ0n) is 65.6. The van der Waals surface area contributed by atoms with Crippen LogP contribution in [0.15, 0.2) is 315 Å². The summed E-state index contributed by atoms with van der Waals surface area (Å²) >= 11 is 12.2. The average Bonchev–Trinajstić information content (AvgIpc) is 1.55. The van der Waals surface area contributed by atoms with Crippen molar-refractivity contribution >= 4 is 82.6 Å². The van der Waals surface area contributed by atoms with Crippen LogP contribution >= 0.6 is 23.2 Å². The SMILES string of the molecule is Cc1ccc(C23c4ccccc4C(=O)N2CCN3C(=O)/C=C/c2ccccc2)cc1.Cc1ccc(C23c4ccccc4C(=O)N2CCN3C(=O)Cc2ccc(F)cc2)cc1.O=C(/C=C/c1ccccc1)N1CCN2C(=O)c3ccccc3C12c1ccc(Cl)cc1.O=C(Cc1ccc(F)cc1)N1CCN2C(=O)c3ccccc3C12c1ccc(Cl)cc1. The van der Waals surface area contributed by atoms with Gasteiger partial charge in [-0.2, -0.15) is 0 Å². The van der Waals surface area contributed by atoms with Crippen LogP contribution in [-0.4, -0.2) is 139 Å². The Morgan fingerprint density at radius 3 is 0.850 bits per heavy atom. The number of amides is 8. The van der Waals surface area contributed by atoms with E-state index in [-0.39, 0.29) is 71.7 Å². The van der Waals surface area contributed by atoms with Gasteiger partial charge in [-0.25, -0.2) is 8.78 Å². The normalized spacial score (nSPS) is 19.9. The molecule has 16 nitrogen and oxygen atoms in total. The molecule has 0 N–H and O–H groups in total. The van der Waals surface area contributed by atoms with Gasteiger partial charge in [0.2, 0.25) is 23.6 Å². The molecule has 8 amide bonds. The molecule has 4 saturated heterocycles. The van der Waals surface area contributed by atoms with E-state index in [1.807, 2.05) is 270 Å². The Bertz CT molecular complexity index is 5710. The molecule has 0 saturated carbocycles. The van der Waals surface area contributed by atoms with Gasteiger partial charge in [0, 0.05) is 141 Å². The Morgan fingerprint density at radius 2 is 0.558 bits per heavy atom. The van der Waals surface area contributed by atoms with Crippen molar-refractivity contribution in [1.82, 2.24) is 39.2 Å². The van der Waals surface area contributed by atoms with Crippen molar-refractivity contribution in [3.63, 3.8) is 0 Å². The third kappa shape index (κ3) is 13.4. The van der Waals surface area contributed by atoms with E-state index in [0.717, 1.165) is 77.9 Å². The summed E-state index contributed by atoms with van der Waals surface area (Å²) in [7, 11) is 0. The third-order valence-corrected chi connectivity index (χ3v) is 24.4. The first kappa shape index (κ1) is 78.8. The molecule has 8 heterocycles. The van der Waals surface area contributed by atoms with Crippen molar-refractivity contribution in [2.45, 2.75) is 49.3 Å². The lowest BCUT2D eigenvalue weighted by atomic mass is 9.89. The molecule has 0 aliphatic carbocycles. The van der Waals surface area contributed by atoms with Gasteiger partial charge in [-0.1, -0.05) is 265 Å². The van der Waals surface area contributed by atoms with E-state index < -0.39 is 22.7 Å². The molecule has 120 heavy (non-hydrogen) atoms. The fourth-order valence-corrected chi connectivity index (χ4v) is 18.9. The molecule has 596 valence electrons. The number of aryl methyl sites for hydroxylation is 2. The first-order chi connectivity index (χ1) is 58.3. The molecule has 8 aliphatic rings. The summed E-state index contributed by atoms with van der Waals surface area (Å²) in [6.45, 7) is 7.75. The third-order valence-electron chi connectivity index (χ3n) is 23.9. The van der Waals surface area contributed by atoms with Gasteiger partial charge in [0.05, 0.1) is 12.8 Å². The zero-order chi connectivity index (χ0) is 83.2. The quantitative estimate of drug-likeness (QED) is 0.109. The van der Waals surface area contributed by atoms with E-state index >= 15 is 0 Å². The predicted octanol–water partition coefficient (Wildman–Crippen LogP) is 16.9. The number of halogens is 4. The highest BCUT2D eigenvalue weighted by Crippen LogP contribution is 2.55. The number of rotatable bonds is 12. The number of hydrogen-bond acceptors (Lipinski definition) is 8. The van der Waals surface area contributed by atoms with Crippen molar-refractivity contribution in [2.24, 2.45) is 0 Å². The van der Waals surface area contributed by atoms with Gasteiger partial charge in [0.15, 0.2) is 22.7 Å². The second-order valence-corrected chi connectivity index (χ2v) is 31.5. The van der Waals surface area contributed by atoms with Crippen LogP contribution in [0.4, 0.5) is 8.78 Å². The molecule has 0 radical (unpaired) electrons. The Hall–Kier alpha value is -13.7. The lowest BCUT2D eigenvalue weighted by molar-refractivity contribution is -0.136. The van der Waals surface area contributed by atoms with Gasteiger partial charge < -0.3 is 39.2 Å². The number of nitrogens with zero attached hydrogens (tertiary/aromatic N) is 8. The summed E-state index contributed by atoms with van der Waals surface area (Å²) in [5, 5.41) is 1.20. The molecule has 12 aromatic carbocycles. The Kier molecular flexibility index (Phi) is 21.2. The summed E-state index contributed by atoms with van der Waals surface area (Å²) in [5.74, 6) is -1.33. The molecule has 20 rings (SSSR count). The maximum absolute atomic E-state index is 13.5. The highest BCUT2D eigenvalue weighted by atomic mass is 35.5. The van der Waals surface area contributed by atoms with Gasteiger partial charge in [-0.15, -0.1) is 0 Å². The molecule has 12 aromatic rings. The second-order valence-electron chi connectivity index (χ2n) is 30.6. The molecule has 0 aromatic heterocycles. The van der Waals surface area contributed by atoms with E-state index in [0.29, 0.717) is 84.7 Å². The minimum absolute atomic E-state index is 0.0199. The van der Waals surface area contributed by atoms with Crippen LogP contribution < -0.4 is 0 Å². The summed E-state index contributed by atoms with van der Waals surface area (Å²) in [6.07, 6.45) is 7.11. The number of hydrogen-bond donors (Lipinski definition) is 0. The molecule has 4 unspecified atom stereocenters. The van der Waals surface area contributed by atoms with Gasteiger partial charge in [0.25, 0.3) is 23.6 Å². The largest absolute Gasteiger partial charge is 0.309 e. The molecule has 8 aliphatic heterocycles. The van der Waals surface area contributed by atoms with Gasteiger partial charge >= 0.3 is 0 Å². The Morgan fingerprint density at radius 1 is 0.308 bits per heavy atom. The summed E-state index contributed by atoms with van der Waals surface area (Å²) in [4.78, 5) is 121. The van der Waals surface area contributed by atoms with Gasteiger partial charge in [-0.05, 0) is 121 Å². The van der Waals surface area contributed by atoms with Crippen LogP contribution in [0, 0.1) is 25.5 Å². The summed E-state index contributed by atoms with van der Waals surface area (Å²) in [6, 6.07) is 92.4. The fourth-order valence-electron chi connectivity index (χ4n) is 18.7. The van der Waals surface area contributed by atoms with E-state index in [1.165, 1.54) is 24.3 Å². The lowest BCUT2D eigenvalue weighted by Crippen LogP contribution is -2.52. The zero-order valence-corrected chi connectivity index (χ0v) is 67.1. The topological polar surface area (TPSA) is 162 Å². The number of fused-ring (bicyclic) bond motifs is 12. The second kappa shape index (κ2) is 32.3. The first-order valence-electron chi connectivity index (χ1n) is 39.8. The number of benzene rings is 12.